The average molecular weight is 449 g/mol. The number of halogens is 2. The Kier molecular flexibility index (Phi) is 4.34. The molecule has 0 unspecified atom stereocenters. The van der Waals surface area contributed by atoms with Gasteiger partial charge in [0.15, 0.2) is 5.58 Å². The molecule has 136 valence electrons. The predicted octanol–water partition coefficient (Wildman–Crippen LogP) is 8.47. The van der Waals surface area contributed by atoms with Crippen molar-refractivity contribution in [2.75, 3.05) is 4.90 Å². The summed E-state index contributed by atoms with van der Waals surface area (Å²) in [6.07, 6.45) is 0. The molecule has 0 saturated heterocycles. The minimum atomic E-state index is 0.662. The summed E-state index contributed by atoms with van der Waals surface area (Å²) in [5.41, 5.74) is 4.70. The Bertz CT molecular complexity index is 1240. The second kappa shape index (κ2) is 7.01. The van der Waals surface area contributed by atoms with Crippen LogP contribution in [0.4, 0.5) is 17.1 Å². The maximum atomic E-state index is 6.30. The highest BCUT2D eigenvalue weighted by Crippen LogP contribution is 2.43. The van der Waals surface area contributed by atoms with Gasteiger partial charge in [0.1, 0.15) is 5.58 Å². The van der Waals surface area contributed by atoms with E-state index in [1.807, 2.05) is 54.6 Å². The molecular weight excluding hydrogens is 434 g/mol. The third kappa shape index (κ3) is 2.97. The first kappa shape index (κ1) is 17.4. The van der Waals surface area contributed by atoms with Crippen LogP contribution in [0.25, 0.3) is 21.9 Å². The number of benzene rings is 4. The van der Waals surface area contributed by atoms with E-state index in [-0.39, 0.29) is 0 Å². The molecular formula is C24H15BrClNO. The van der Waals surface area contributed by atoms with Crippen molar-refractivity contribution < 1.29 is 4.42 Å². The minimum Gasteiger partial charge on any atom is -0.454 e. The van der Waals surface area contributed by atoms with Gasteiger partial charge < -0.3 is 9.32 Å². The van der Waals surface area contributed by atoms with Crippen LogP contribution in [-0.4, -0.2) is 0 Å². The number of hydrogen-bond acceptors (Lipinski definition) is 2. The number of fused-ring (bicyclic) bond motifs is 3. The van der Waals surface area contributed by atoms with E-state index in [9.17, 15) is 0 Å². The van der Waals surface area contributed by atoms with Crippen molar-refractivity contribution in [1.29, 1.82) is 0 Å². The van der Waals surface area contributed by atoms with Crippen molar-refractivity contribution in [2.45, 2.75) is 0 Å². The van der Waals surface area contributed by atoms with Gasteiger partial charge in [-0.2, -0.15) is 0 Å². The van der Waals surface area contributed by atoms with E-state index in [1.165, 1.54) is 0 Å². The Morgan fingerprint density at radius 1 is 0.714 bits per heavy atom. The molecule has 1 aromatic heterocycles. The van der Waals surface area contributed by atoms with Crippen molar-refractivity contribution in [1.82, 2.24) is 0 Å². The molecule has 5 aromatic rings. The summed E-state index contributed by atoms with van der Waals surface area (Å²) in [5.74, 6) is 0. The van der Waals surface area contributed by atoms with Gasteiger partial charge in [-0.15, -0.1) is 0 Å². The first-order valence-corrected chi connectivity index (χ1v) is 10.1. The molecule has 2 nitrogen and oxygen atoms in total. The summed E-state index contributed by atoms with van der Waals surface area (Å²) in [4.78, 5) is 2.21. The normalized spacial score (nSPS) is 11.2. The Balaban J connectivity index is 1.85. The number of furan rings is 1. The van der Waals surface area contributed by atoms with E-state index < -0.39 is 0 Å². The third-order valence-corrected chi connectivity index (χ3v) is 5.44. The van der Waals surface area contributed by atoms with Crippen molar-refractivity contribution >= 4 is 66.5 Å². The highest BCUT2D eigenvalue weighted by Gasteiger charge is 2.20. The number of rotatable bonds is 3. The maximum Gasteiger partial charge on any atom is 0.159 e. The quantitative estimate of drug-likeness (QED) is 0.275. The molecule has 0 radical (unpaired) electrons. The van der Waals surface area contributed by atoms with Gasteiger partial charge in [0, 0.05) is 37.7 Å². The first-order valence-electron chi connectivity index (χ1n) is 8.92. The van der Waals surface area contributed by atoms with E-state index in [2.05, 4.69) is 57.2 Å². The average Bonchev–Trinajstić information content (AvgIpc) is 3.07. The molecule has 0 fully saturated rings. The molecule has 1 heterocycles. The number of anilines is 3. The summed E-state index contributed by atoms with van der Waals surface area (Å²) in [7, 11) is 0. The molecule has 28 heavy (non-hydrogen) atoms. The summed E-state index contributed by atoms with van der Waals surface area (Å²) in [6.45, 7) is 0. The minimum absolute atomic E-state index is 0.662. The molecule has 4 aromatic carbocycles. The molecule has 0 aliphatic carbocycles. The van der Waals surface area contributed by atoms with Crippen molar-refractivity contribution in [3.8, 4) is 0 Å². The standard InChI is InChI=1S/C24H15BrClNO/c25-16-13-21-20-12-11-17(26)15-23(20)28-24(21)22(14-16)27(18-7-3-1-4-8-18)19-9-5-2-6-10-19/h1-15H. The molecule has 5 rings (SSSR count). The Morgan fingerprint density at radius 2 is 1.36 bits per heavy atom. The smallest absolute Gasteiger partial charge is 0.159 e. The van der Waals surface area contributed by atoms with Gasteiger partial charge in [0.25, 0.3) is 0 Å². The summed E-state index contributed by atoms with van der Waals surface area (Å²) < 4.78 is 7.29. The molecule has 0 spiro atoms. The second-order valence-corrected chi connectivity index (χ2v) is 7.90. The predicted molar refractivity (Wildman–Crippen MR) is 121 cm³/mol. The van der Waals surface area contributed by atoms with Crippen LogP contribution in [0.2, 0.25) is 5.02 Å². The summed E-state index contributed by atoms with van der Waals surface area (Å²) in [6, 6.07) is 30.5. The van der Waals surface area contributed by atoms with E-state index in [0.29, 0.717) is 5.02 Å². The van der Waals surface area contributed by atoms with Gasteiger partial charge in [-0.3, -0.25) is 0 Å². The molecule has 0 atom stereocenters. The van der Waals surface area contributed by atoms with Crippen LogP contribution in [-0.2, 0) is 0 Å². The highest BCUT2D eigenvalue weighted by molar-refractivity contribution is 9.10. The summed E-state index contributed by atoms with van der Waals surface area (Å²) in [5, 5.41) is 2.76. The fourth-order valence-corrected chi connectivity index (χ4v) is 4.15. The molecule has 0 bridgehead atoms. The van der Waals surface area contributed by atoms with Crippen LogP contribution >= 0.6 is 27.5 Å². The monoisotopic (exact) mass is 447 g/mol. The maximum absolute atomic E-state index is 6.30. The van der Waals surface area contributed by atoms with Crippen LogP contribution in [0.3, 0.4) is 0 Å². The lowest BCUT2D eigenvalue weighted by Crippen LogP contribution is -2.10. The van der Waals surface area contributed by atoms with Crippen molar-refractivity contribution in [3.63, 3.8) is 0 Å². The number of nitrogens with zero attached hydrogens (tertiary/aromatic N) is 1. The lowest BCUT2D eigenvalue weighted by molar-refractivity contribution is 0.669. The zero-order chi connectivity index (χ0) is 19.1. The largest absolute Gasteiger partial charge is 0.454 e. The number of hydrogen-bond donors (Lipinski definition) is 0. The van der Waals surface area contributed by atoms with Crippen LogP contribution in [0, 0.1) is 0 Å². The topological polar surface area (TPSA) is 16.4 Å². The molecule has 0 aliphatic heterocycles. The fourth-order valence-electron chi connectivity index (χ4n) is 3.55. The Hall–Kier alpha value is -2.75. The van der Waals surface area contributed by atoms with Crippen LogP contribution < -0.4 is 4.90 Å². The van der Waals surface area contributed by atoms with Gasteiger partial charge in [0.2, 0.25) is 0 Å². The number of para-hydroxylation sites is 2. The lowest BCUT2D eigenvalue weighted by atomic mass is 10.1. The molecule has 4 heteroatoms. The van der Waals surface area contributed by atoms with Gasteiger partial charge in [-0.1, -0.05) is 63.9 Å². The Morgan fingerprint density at radius 3 is 2.00 bits per heavy atom. The van der Waals surface area contributed by atoms with Crippen LogP contribution in [0.1, 0.15) is 0 Å². The lowest BCUT2D eigenvalue weighted by Gasteiger charge is -2.25. The molecule has 0 amide bonds. The molecule has 0 N–H and O–H groups in total. The van der Waals surface area contributed by atoms with E-state index in [4.69, 9.17) is 16.0 Å². The second-order valence-electron chi connectivity index (χ2n) is 6.55. The fraction of sp³-hybridized carbons (Fsp3) is 0. The molecule has 0 saturated carbocycles. The van der Waals surface area contributed by atoms with Crippen LogP contribution in [0.15, 0.2) is 99.9 Å². The van der Waals surface area contributed by atoms with Gasteiger partial charge in [-0.25, -0.2) is 0 Å². The highest BCUT2D eigenvalue weighted by atomic mass is 79.9. The SMILES string of the molecule is Clc1ccc2c(c1)oc1c(N(c3ccccc3)c3ccccc3)cc(Br)cc12. The zero-order valence-electron chi connectivity index (χ0n) is 14.8. The van der Waals surface area contributed by atoms with Crippen molar-refractivity contribution in [3.05, 3.63) is 100 Å². The molecule has 0 aliphatic rings. The van der Waals surface area contributed by atoms with Crippen molar-refractivity contribution in [2.24, 2.45) is 0 Å². The van der Waals surface area contributed by atoms with Gasteiger partial charge in [0.05, 0.1) is 5.69 Å². The summed E-state index contributed by atoms with van der Waals surface area (Å²) >= 11 is 9.88. The Labute approximate surface area is 176 Å². The van der Waals surface area contributed by atoms with Gasteiger partial charge >= 0.3 is 0 Å². The zero-order valence-corrected chi connectivity index (χ0v) is 17.1. The van der Waals surface area contributed by atoms with E-state index >= 15 is 0 Å². The van der Waals surface area contributed by atoms with E-state index in [1.54, 1.807) is 0 Å². The van der Waals surface area contributed by atoms with E-state index in [0.717, 1.165) is 43.5 Å². The third-order valence-electron chi connectivity index (χ3n) is 4.75. The van der Waals surface area contributed by atoms with Gasteiger partial charge in [-0.05, 0) is 48.5 Å². The van der Waals surface area contributed by atoms with Crippen LogP contribution in [0.5, 0.6) is 0 Å². The first-order chi connectivity index (χ1) is 13.7.